The maximum Gasteiger partial charge on any atom is 0.339 e. The Labute approximate surface area is 88.4 Å². The van der Waals surface area contributed by atoms with Gasteiger partial charge in [-0.2, -0.15) is 0 Å². The lowest BCUT2D eigenvalue weighted by molar-refractivity contribution is -0.138. The first-order chi connectivity index (χ1) is 6.90. The number of ether oxygens (including phenoxy) is 1. The zero-order chi connectivity index (χ0) is 12.0. The Balaban J connectivity index is 4.58. The topological polar surface area (TPSA) is 75.6 Å². The molecule has 0 aliphatic rings. The molecule has 0 aliphatic carbocycles. The number of hydrogen-bond acceptors (Lipinski definition) is 4. The Morgan fingerprint density at radius 2 is 1.93 bits per heavy atom. The second kappa shape index (κ2) is 5.85. The summed E-state index contributed by atoms with van der Waals surface area (Å²) in [4.78, 5) is 22.2. The monoisotopic (exact) mass is 213 g/mol. The summed E-state index contributed by atoms with van der Waals surface area (Å²) in [5.74, 6) is -1.73. The number of esters is 1. The van der Waals surface area contributed by atoms with E-state index in [0.717, 1.165) is 0 Å². The van der Waals surface area contributed by atoms with E-state index in [1.165, 1.54) is 13.8 Å². The highest BCUT2D eigenvalue weighted by Gasteiger charge is 2.13. The molecule has 0 radical (unpaired) electrons. The van der Waals surface area contributed by atoms with Crippen LogP contribution in [0.4, 0.5) is 0 Å². The van der Waals surface area contributed by atoms with Gasteiger partial charge in [-0.1, -0.05) is 6.58 Å². The number of aliphatic hydroxyl groups is 1. The highest BCUT2D eigenvalue weighted by molar-refractivity contribution is 5.95. The van der Waals surface area contributed by atoms with Crippen molar-refractivity contribution in [2.24, 2.45) is 0 Å². The highest BCUT2D eigenvalue weighted by atomic mass is 16.5. The van der Waals surface area contributed by atoms with Gasteiger partial charge >= 0.3 is 5.97 Å². The second-order valence-electron chi connectivity index (χ2n) is 2.93. The molecule has 0 aromatic carbocycles. The minimum atomic E-state index is -0.669. The van der Waals surface area contributed by atoms with Crippen molar-refractivity contribution in [3.8, 4) is 0 Å². The van der Waals surface area contributed by atoms with Crippen molar-refractivity contribution in [1.29, 1.82) is 0 Å². The number of hydrogen-bond donors (Lipinski definition) is 2. The minimum Gasteiger partial charge on any atom is -0.494 e. The zero-order valence-corrected chi connectivity index (χ0v) is 9.09. The van der Waals surface area contributed by atoms with E-state index in [1.807, 2.05) is 0 Å². The van der Waals surface area contributed by atoms with Crippen molar-refractivity contribution in [3.63, 3.8) is 0 Å². The molecule has 2 N–H and O–H groups in total. The molecule has 0 aromatic rings. The smallest absolute Gasteiger partial charge is 0.339 e. The summed E-state index contributed by atoms with van der Waals surface area (Å²) in [6.45, 7) is 8.08. The van der Waals surface area contributed by atoms with Crippen LogP contribution in [0.1, 0.15) is 20.8 Å². The van der Waals surface area contributed by atoms with Crippen LogP contribution in [0.3, 0.4) is 0 Å². The van der Waals surface area contributed by atoms with Crippen LogP contribution >= 0.6 is 0 Å². The third-order valence-corrected chi connectivity index (χ3v) is 1.56. The van der Waals surface area contributed by atoms with Gasteiger partial charge in [-0.05, 0) is 20.8 Å². The molecule has 0 spiro atoms. The van der Waals surface area contributed by atoms with E-state index < -0.39 is 17.8 Å². The SMILES string of the molecule is C=C(C)C(=O)NC(O)=C(C)C(=O)OCC. The largest absolute Gasteiger partial charge is 0.494 e. The fourth-order valence-electron chi connectivity index (χ4n) is 0.644. The average Bonchev–Trinajstić information content (AvgIpc) is 2.16. The summed E-state index contributed by atoms with van der Waals surface area (Å²) in [6.07, 6.45) is 0. The molecule has 0 saturated heterocycles. The second-order valence-corrected chi connectivity index (χ2v) is 2.93. The molecule has 15 heavy (non-hydrogen) atoms. The van der Waals surface area contributed by atoms with Crippen molar-refractivity contribution < 1.29 is 19.4 Å². The molecular weight excluding hydrogens is 198 g/mol. The number of amides is 1. The van der Waals surface area contributed by atoms with E-state index in [4.69, 9.17) is 0 Å². The minimum absolute atomic E-state index is 0.0496. The molecule has 0 aromatic heterocycles. The first-order valence-electron chi connectivity index (χ1n) is 4.44. The molecule has 1 amide bonds. The number of rotatable bonds is 4. The average molecular weight is 213 g/mol. The highest BCUT2D eigenvalue weighted by Crippen LogP contribution is 2.01. The third kappa shape index (κ3) is 4.30. The van der Waals surface area contributed by atoms with Crippen LogP contribution in [0.25, 0.3) is 0 Å². The Morgan fingerprint density at radius 3 is 2.33 bits per heavy atom. The normalized spacial score (nSPS) is 11.4. The van der Waals surface area contributed by atoms with Crippen molar-refractivity contribution >= 4 is 11.9 Å². The maximum atomic E-state index is 11.1. The van der Waals surface area contributed by atoms with Gasteiger partial charge in [-0.3, -0.25) is 10.1 Å². The van der Waals surface area contributed by atoms with Gasteiger partial charge in [0.2, 0.25) is 5.88 Å². The van der Waals surface area contributed by atoms with Gasteiger partial charge in [0.25, 0.3) is 5.91 Å². The number of carbonyl (C=O) groups is 2. The molecule has 84 valence electrons. The van der Waals surface area contributed by atoms with Crippen molar-refractivity contribution in [2.45, 2.75) is 20.8 Å². The Kier molecular flexibility index (Phi) is 5.15. The summed E-state index contributed by atoms with van der Waals surface area (Å²) >= 11 is 0. The van der Waals surface area contributed by atoms with Crippen LogP contribution in [0, 0.1) is 0 Å². The first-order valence-corrected chi connectivity index (χ1v) is 4.44. The van der Waals surface area contributed by atoms with E-state index >= 15 is 0 Å². The van der Waals surface area contributed by atoms with Crippen LogP contribution in [0.15, 0.2) is 23.6 Å². The van der Waals surface area contributed by atoms with Gasteiger partial charge in [0, 0.05) is 5.57 Å². The van der Waals surface area contributed by atoms with Crippen LogP contribution in [-0.2, 0) is 14.3 Å². The lowest BCUT2D eigenvalue weighted by Gasteiger charge is -2.07. The molecule has 0 fully saturated rings. The molecule has 0 saturated carbocycles. The van der Waals surface area contributed by atoms with Gasteiger partial charge in [0.1, 0.15) is 0 Å². The van der Waals surface area contributed by atoms with Crippen molar-refractivity contribution in [1.82, 2.24) is 5.32 Å². The van der Waals surface area contributed by atoms with Crippen molar-refractivity contribution in [3.05, 3.63) is 23.6 Å². The predicted octanol–water partition coefficient (Wildman–Crippen LogP) is 1.03. The van der Waals surface area contributed by atoms with Crippen LogP contribution in [0.2, 0.25) is 0 Å². The zero-order valence-electron chi connectivity index (χ0n) is 9.09. The lowest BCUT2D eigenvalue weighted by Crippen LogP contribution is -2.25. The van der Waals surface area contributed by atoms with Crippen LogP contribution < -0.4 is 5.32 Å². The molecule has 0 rings (SSSR count). The van der Waals surface area contributed by atoms with Gasteiger partial charge in [-0.25, -0.2) is 4.79 Å². The maximum absolute atomic E-state index is 11.1. The van der Waals surface area contributed by atoms with Gasteiger partial charge in [-0.15, -0.1) is 0 Å². The number of carbonyl (C=O) groups excluding carboxylic acids is 2. The predicted molar refractivity (Wildman–Crippen MR) is 54.9 cm³/mol. The van der Waals surface area contributed by atoms with Gasteiger partial charge < -0.3 is 9.84 Å². The number of nitrogens with one attached hydrogen (secondary N) is 1. The summed E-state index contributed by atoms with van der Waals surface area (Å²) in [5.41, 5.74) is 0.185. The van der Waals surface area contributed by atoms with Gasteiger partial charge in [0.15, 0.2) is 0 Å². The van der Waals surface area contributed by atoms with Crippen molar-refractivity contribution in [2.75, 3.05) is 6.61 Å². The quantitative estimate of drug-likeness (QED) is 0.415. The number of aliphatic hydroxyl groups excluding tert-OH is 1. The molecule has 0 atom stereocenters. The Bertz CT molecular complexity index is 317. The van der Waals surface area contributed by atoms with Crippen LogP contribution in [-0.4, -0.2) is 23.6 Å². The van der Waals surface area contributed by atoms with Gasteiger partial charge in [0.05, 0.1) is 12.2 Å². The molecule has 5 heteroatoms. The standard InChI is InChI=1S/C10H15NO4/c1-5-15-10(14)7(4)9(13)11-8(12)6(2)3/h13H,2,5H2,1,3-4H3,(H,11,12). The molecule has 5 nitrogen and oxygen atoms in total. The molecule has 0 unspecified atom stereocenters. The molecule has 0 heterocycles. The summed E-state index contributed by atoms with van der Waals surface area (Å²) in [7, 11) is 0. The van der Waals surface area contributed by atoms with E-state index in [1.54, 1.807) is 6.92 Å². The summed E-state index contributed by atoms with van der Waals surface area (Å²) < 4.78 is 4.64. The Hall–Kier alpha value is -1.78. The molecule has 0 bridgehead atoms. The van der Waals surface area contributed by atoms with E-state index in [-0.39, 0.29) is 17.8 Å². The first kappa shape index (κ1) is 13.2. The van der Waals surface area contributed by atoms with E-state index in [0.29, 0.717) is 0 Å². The lowest BCUT2D eigenvalue weighted by atomic mass is 10.3. The van der Waals surface area contributed by atoms with Crippen LogP contribution in [0.5, 0.6) is 0 Å². The summed E-state index contributed by atoms with van der Waals surface area (Å²) in [5, 5.41) is 11.5. The molecule has 0 aliphatic heterocycles. The summed E-state index contributed by atoms with van der Waals surface area (Å²) in [6, 6.07) is 0. The third-order valence-electron chi connectivity index (χ3n) is 1.56. The Morgan fingerprint density at radius 1 is 1.40 bits per heavy atom. The fourth-order valence-corrected chi connectivity index (χ4v) is 0.644. The van der Waals surface area contributed by atoms with E-state index in [2.05, 4.69) is 16.6 Å². The fraction of sp³-hybridized carbons (Fsp3) is 0.400. The van der Waals surface area contributed by atoms with E-state index in [9.17, 15) is 14.7 Å². The molecular formula is C10H15NO4.